The van der Waals surface area contributed by atoms with Gasteiger partial charge < -0.3 is 4.74 Å². The number of rotatable bonds is 6. The molecule has 1 heterocycles. The molecule has 3 aromatic carbocycles. The second-order valence-corrected chi connectivity index (χ2v) is 8.28. The Balaban J connectivity index is 1.65. The standard InChI is InChI=1S/C22H15BrF2N2O2S/c23-14-5-8-16(9-6-14)29-11-12-30-22-26-19-4-2-1-3-17(19)21(28)27(22)20-10-7-15(24)13-18(20)25/h1-10,13H,11-12H2. The fraction of sp³-hybridized carbons (Fsp3) is 0.0909. The van der Waals surface area contributed by atoms with E-state index >= 15 is 0 Å². The van der Waals surface area contributed by atoms with Crippen LogP contribution in [0.2, 0.25) is 0 Å². The zero-order valence-corrected chi connectivity index (χ0v) is 17.9. The average molecular weight is 489 g/mol. The summed E-state index contributed by atoms with van der Waals surface area (Å²) in [6.45, 7) is 0.362. The second kappa shape index (κ2) is 8.97. The van der Waals surface area contributed by atoms with Gasteiger partial charge in [-0.05, 0) is 48.5 Å². The third-order valence-electron chi connectivity index (χ3n) is 4.29. The molecule has 0 bridgehead atoms. The van der Waals surface area contributed by atoms with Crippen LogP contribution in [0.25, 0.3) is 16.6 Å². The summed E-state index contributed by atoms with van der Waals surface area (Å²) in [4.78, 5) is 17.6. The quantitative estimate of drug-likeness (QED) is 0.201. The maximum Gasteiger partial charge on any atom is 0.266 e. The Labute approximate surface area is 183 Å². The molecule has 4 nitrogen and oxygen atoms in total. The number of fused-ring (bicyclic) bond motifs is 1. The van der Waals surface area contributed by atoms with Gasteiger partial charge in [0.25, 0.3) is 5.56 Å². The summed E-state index contributed by atoms with van der Waals surface area (Å²) >= 11 is 4.63. The Morgan fingerprint density at radius 1 is 1.03 bits per heavy atom. The minimum atomic E-state index is -0.831. The van der Waals surface area contributed by atoms with Crippen LogP contribution in [0.15, 0.2) is 81.2 Å². The van der Waals surface area contributed by atoms with Crippen molar-refractivity contribution in [3.05, 3.63) is 93.2 Å². The van der Waals surface area contributed by atoms with Crippen LogP contribution in [-0.2, 0) is 0 Å². The van der Waals surface area contributed by atoms with Gasteiger partial charge in [0.1, 0.15) is 17.4 Å². The summed E-state index contributed by atoms with van der Waals surface area (Å²) in [6.07, 6.45) is 0. The molecule has 0 fully saturated rings. The molecule has 30 heavy (non-hydrogen) atoms. The van der Waals surface area contributed by atoms with E-state index in [1.807, 2.05) is 24.3 Å². The van der Waals surface area contributed by atoms with E-state index in [0.29, 0.717) is 34.2 Å². The molecule has 0 atom stereocenters. The summed E-state index contributed by atoms with van der Waals surface area (Å²) in [5.74, 6) is -0.353. The summed E-state index contributed by atoms with van der Waals surface area (Å²) < 4.78 is 35.7. The number of halogens is 3. The number of ether oxygens (including phenoxy) is 1. The molecule has 0 radical (unpaired) electrons. The Morgan fingerprint density at radius 2 is 1.80 bits per heavy atom. The average Bonchev–Trinajstić information content (AvgIpc) is 2.74. The van der Waals surface area contributed by atoms with Crippen LogP contribution in [0.5, 0.6) is 5.75 Å². The van der Waals surface area contributed by atoms with Crippen molar-refractivity contribution in [2.24, 2.45) is 0 Å². The van der Waals surface area contributed by atoms with Crippen LogP contribution >= 0.6 is 27.7 Å². The Bertz CT molecular complexity index is 1260. The number of thioether (sulfide) groups is 1. The van der Waals surface area contributed by atoms with E-state index in [1.165, 1.54) is 22.4 Å². The molecule has 4 rings (SSSR count). The molecular weight excluding hydrogens is 474 g/mol. The fourth-order valence-corrected chi connectivity index (χ4v) is 3.99. The summed E-state index contributed by atoms with van der Waals surface area (Å²) in [6, 6.07) is 17.4. The van der Waals surface area contributed by atoms with Crippen molar-refractivity contribution in [1.29, 1.82) is 0 Å². The van der Waals surface area contributed by atoms with E-state index in [2.05, 4.69) is 20.9 Å². The lowest BCUT2D eigenvalue weighted by atomic mass is 10.2. The van der Waals surface area contributed by atoms with Gasteiger partial charge in [-0.25, -0.2) is 13.8 Å². The number of hydrogen-bond acceptors (Lipinski definition) is 4. The summed E-state index contributed by atoms with van der Waals surface area (Å²) in [5, 5.41) is 0.667. The number of para-hydroxylation sites is 1. The van der Waals surface area contributed by atoms with E-state index in [0.717, 1.165) is 16.6 Å². The van der Waals surface area contributed by atoms with Crippen molar-refractivity contribution in [3.63, 3.8) is 0 Å². The Hall–Kier alpha value is -2.71. The molecule has 152 valence electrons. The Morgan fingerprint density at radius 3 is 2.57 bits per heavy atom. The zero-order valence-electron chi connectivity index (χ0n) is 15.5. The maximum atomic E-state index is 14.5. The summed E-state index contributed by atoms with van der Waals surface area (Å²) in [5.41, 5.74) is 0.0519. The first-order valence-electron chi connectivity index (χ1n) is 9.01. The predicted octanol–water partition coefficient (Wildman–Crippen LogP) is 5.60. The highest BCUT2D eigenvalue weighted by Gasteiger charge is 2.16. The van der Waals surface area contributed by atoms with Crippen molar-refractivity contribution >= 4 is 38.6 Å². The van der Waals surface area contributed by atoms with Crippen molar-refractivity contribution in [3.8, 4) is 11.4 Å². The molecular formula is C22H15BrF2N2O2S. The van der Waals surface area contributed by atoms with Crippen LogP contribution in [0, 0.1) is 11.6 Å². The van der Waals surface area contributed by atoms with Gasteiger partial charge in [0.15, 0.2) is 5.16 Å². The number of aromatic nitrogens is 2. The van der Waals surface area contributed by atoms with Crippen molar-refractivity contribution < 1.29 is 13.5 Å². The van der Waals surface area contributed by atoms with Crippen LogP contribution in [0.4, 0.5) is 8.78 Å². The zero-order chi connectivity index (χ0) is 21.1. The fourth-order valence-electron chi connectivity index (χ4n) is 2.91. The van der Waals surface area contributed by atoms with Gasteiger partial charge in [-0.1, -0.05) is 39.8 Å². The summed E-state index contributed by atoms with van der Waals surface area (Å²) in [7, 11) is 0. The highest BCUT2D eigenvalue weighted by atomic mass is 79.9. The molecule has 0 aliphatic rings. The lowest BCUT2D eigenvalue weighted by Crippen LogP contribution is -2.23. The first kappa shape index (κ1) is 20.6. The minimum Gasteiger partial charge on any atom is -0.493 e. The third-order valence-corrected chi connectivity index (χ3v) is 5.72. The van der Waals surface area contributed by atoms with Gasteiger partial charge in [-0.3, -0.25) is 9.36 Å². The van der Waals surface area contributed by atoms with E-state index in [-0.39, 0.29) is 5.69 Å². The molecule has 8 heteroatoms. The smallest absolute Gasteiger partial charge is 0.266 e. The van der Waals surface area contributed by atoms with Gasteiger partial charge >= 0.3 is 0 Å². The van der Waals surface area contributed by atoms with Crippen LogP contribution in [0.1, 0.15) is 0 Å². The molecule has 0 unspecified atom stereocenters. The maximum absolute atomic E-state index is 14.5. The normalized spacial score (nSPS) is 11.0. The van der Waals surface area contributed by atoms with Crippen LogP contribution in [-0.4, -0.2) is 21.9 Å². The molecule has 0 aliphatic heterocycles. The topological polar surface area (TPSA) is 44.1 Å². The van der Waals surface area contributed by atoms with Gasteiger partial charge in [0.2, 0.25) is 0 Å². The van der Waals surface area contributed by atoms with Gasteiger partial charge in [-0.2, -0.15) is 0 Å². The van der Waals surface area contributed by atoms with E-state index in [9.17, 15) is 13.6 Å². The molecule has 4 aromatic rings. The first-order chi connectivity index (χ1) is 14.5. The van der Waals surface area contributed by atoms with Crippen LogP contribution < -0.4 is 10.3 Å². The van der Waals surface area contributed by atoms with Crippen molar-refractivity contribution in [2.45, 2.75) is 5.16 Å². The first-order valence-corrected chi connectivity index (χ1v) is 10.8. The SMILES string of the molecule is O=c1c2ccccc2nc(SCCOc2ccc(Br)cc2)n1-c1ccc(F)cc1F. The van der Waals surface area contributed by atoms with Gasteiger partial charge in [-0.15, -0.1) is 0 Å². The minimum absolute atomic E-state index is 0.0454. The molecule has 0 amide bonds. The molecule has 0 aliphatic carbocycles. The second-order valence-electron chi connectivity index (χ2n) is 6.30. The Kier molecular flexibility index (Phi) is 6.15. The van der Waals surface area contributed by atoms with Gasteiger partial charge in [0.05, 0.1) is 23.2 Å². The lowest BCUT2D eigenvalue weighted by Gasteiger charge is -2.14. The molecule has 0 N–H and O–H groups in total. The number of benzene rings is 3. The third kappa shape index (κ3) is 4.39. The highest BCUT2D eigenvalue weighted by Crippen LogP contribution is 2.24. The van der Waals surface area contributed by atoms with Gasteiger partial charge in [0, 0.05) is 16.3 Å². The molecule has 0 saturated heterocycles. The molecule has 1 aromatic heterocycles. The van der Waals surface area contributed by atoms with E-state index in [1.54, 1.807) is 24.3 Å². The lowest BCUT2D eigenvalue weighted by molar-refractivity contribution is 0.344. The largest absolute Gasteiger partial charge is 0.493 e. The highest BCUT2D eigenvalue weighted by molar-refractivity contribution is 9.10. The molecule has 0 saturated carbocycles. The van der Waals surface area contributed by atoms with E-state index in [4.69, 9.17) is 4.74 Å². The van der Waals surface area contributed by atoms with Crippen molar-refractivity contribution in [1.82, 2.24) is 9.55 Å². The predicted molar refractivity (Wildman–Crippen MR) is 118 cm³/mol. The number of hydrogen-bond donors (Lipinski definition) is 0. The monoisotopic (exact) mass is 488 g/mol. The number of nitrogens with zero attached hydrogens (tertiary/aromatic N) is 2. The van der Waals surface area contributed by atoms with Crippen LogP contribution in [0.3, 0.4) is 0 Å². The van der Waals surface area contributed by atoms with Crippen molar-refractivity contribution in [2.75, 3.05) is 12.4 Å². The molecule has 0 spiro atoms. The van der Waals surface area contributed by atoms with E-state index < -0.39 is 17.2 Å².